The number of rotatable bonds is 3. The maximum absolute atomic E-state index is 13.1. The van der Waals surface area contributed by atoms with Crippen molar-refractivity contribution in [1.29, 1.82) is 0 Å². The van der Waals surface area contributed by atoms with Crippen LogP contribution < -0.4 is 10.1 Å². The number of nitrogens with one attached hydrogen (secondary N) is 1. The first-order valence-corrected chi connectivity index (χ1v) is 8.39. The third-order valence-electron chi connectivity index (χ3n) is 5.06. The number of methoxy groups -OCH3 is 2. The minimum Gasteiger partial charge on any atom is -0.504 e. The number of allylic oxidation sites excluding steroid dienone is 2. The number of carbonyl (C=O) groups is 3. The predicted molar refractivity (Wildman–Crippen MR) is 91.5 cm³/mol. The quantitative estimate of drug-likeness (QED) is 0.629. The SMILES string of the molecule is COC(=O)[C@@H]1C(=O)C2=C(C[C@@H]1C)NC(=O)C[C@H]2c1ccc(O)c(OC)c1. The summed E-state index contributed by atoms with van der Waals surface area (Å²) in [5.41, 5.74) is 1.68. The molecule has 3 atom stereocenters. The molecule has 7 heteroatoms. The number of amides is 1. The van der Waals surface area contributed by atoms with Gasteiger partial charge in [0.05, 0.1) is 14.2 Å². The Balaban J connectivity index is 2.08. The van der Waals surface area contributed by atoms with Gasteiger partial charge in [-0.1, -0.05) is 13.0 Å². The number of hydrogen-bond acceptors (Lipinski definition) is 6. The molecular formula is C19H21NO6. The Morgan fingerprint density at radius 1 is 1.23 bits per heavy atom. The van der Waals surface area contributed by atoms with Crippen molar-refractivity contribution in [3.63, 3.8) is 0 Å². The molecule has 1 aromatic carbocycles. The van der Waals surface area contributed by atoms with Crippen LogP contribution in [0.1, 0.15) is 31.2 Å². The summed E-state index contributed by atoms with van der Waals surface area (Å²) in [6.45, 7) is 1.79. The fourth-order valence-corrected chi connectivity index (χ4v) is 3.79. The number of phenols is 1. The minimum absolute atomic E-state index is 0.0262. The molecule has 26 heavy (non-hydrogen) atoms. The second kappa shape index (κ2) is 6.82. The molecule has 1 amide bonds. The van der Waals surface area contributed by atoms with E-state index in [2.05, 4.69) is 5.32 Å². The van der Waals surface area contributed by atoms with E-state index in [-0.39, 0.29) is 35.5 Å². The molecule has 1 aromatic rings. The molecule has 1 aliphatic carbocycles. The summed E-state index contributed by atoms with van der Waals surface area (Å²) in [6, 6.07) is 4.74. The molecule has 2 N–H and O–H groups in total. The van der Waals surface area contributed by atoms with Gasteiger partial charge in [-0.05, 0) is 30.0 Å². The third-order valence-corrected chi connectivity index (χ3v) is 5.06. The molecule has 1 aliphatic heterocycles. The second-order valence-corrected chi connectivity index (χ2v) is 6.67. The van der Waals surface area contributed by atoms with E-state index in [1.165, 1.54) is 20.3 Å². The standard InChI is InChI=1S/C19H21NO6/c1-9-6-12-17(18(23)16(9)19(24)26-3)11(8-15(22)20-12)10-4-5-13(21)14(7-10)25-2/h4-5,7,9,11,16,21H,6,8H2,1-3H3,(H,20,22)/t9-,11-,16-/m0/s1. The van der Waals surface area contributed by atoms with Crippen LogP contribution in [-0.2, 0) is 19.1 Å². The van der Waals surface area contributed by atoms with Crippen molar-refractivity contribution in [3.8, 4) is 11.5 Å². The highest BCUT2D eigenvalue weighted by molar-refractivity contribution is 6.11. The number of ether oxygens (including phenoxy) is 2. The van der Waals surface area contributed by atoms with E-state index in [9.17, 15) is 19.5 Å². The van der Waals surface area contributed by atoms with Crippen molar-refractivity contribution < 1.29 is 29.0 Å². The highest BCUT2D eigenvalue weighted by atomic mass is 16.5. The van der Waals surface area contributed by atoms with Crippen molar-refractivity contribution >= 4 is 17.7 Å². The lowest BCUT2D eigenvalue weighted by molar-refractivity contribution is -0.151. The fourth-order valence-electron chi connectivity index (χ4n) is 3.79. The molecule has 0 bridgehead atoms. The Labute approximate surface area is 151 Å². The summed E-state index contributed by atoms with van der Waals surface area (Å²) in [5.74, 6) is -2.47. The van der Waals surface area contributed by atoms with E-state index in [1.54, 1.807) is 19.1 Å². The van der Waals surface area contributed by atoms with Gasteiger partial charge in [-0.15, -0.1) is 0 Å². The number of benzene rings is 1. The molecule has 0 spiro atoms. The van der Waals surface area contributed by atoms with E-state index in [4.69, 9.17) is 9.47 Å². The lowest BCUT2D eigenvalue weighted by Gasteiger charge is -2.36. The zero-order chi connectivity index (χ0) is 19.0. The summed E-state index contributed by atoms with van der Waals surface area (Å²) < 4.78 is 9.94. The first-order valence-electron chi connectivity index (χ1n) is 8.39. The molecule has 0 unspecified atom stereocenters. The third kappa shape index (κ3) is 2.94. The molecule has 138 valence electrons. The van der Waals surface area contributed by atoms with Crippen LogP contribution in [0.5, 0.6) is 11.5 Å². The van der Waals surface area contributed by atoms with Crippen LogP contribution in [0.25, 0.3) is 0 Å². The summed E-state index contributed by atoms with van der Waals surface area (Å²) in [6.07, 6.45) is 0.499. The largest absolute Gasteiger partial charge is 0.504 e. The first-order chi connectivity index (χ1) is 12.4. The molecule has 0 aromatic heterocycles. The first kappa shape index (κ1) is 18.0. The summed E-state index contributed by atoms with van der Waals surface area (Å²) in [5, 5.41) is 12.6. The molecule has 3 rings (SSSR count). The predicted octanol–water partition coefficient (Wildman–Crippen LogP) is 1.66. The van der Waals surface area contributed by atoms with Crippen molar-refractivity contribution in [1.82, 2.24) is 5.32 Å². The number of ketones is 1. The number of aromatic hydroxyl groups is 1. The molecule has 7 nitrogen and oxygen atoms in total. The van der Waals surface area contributed by atoms with E-state index in [1.807, 2.05) is 0 Å². The van der Waals surface area contributed by atoms with Gasteiger partial charge in [-0.25, -0.2) is 0 Å². The number of Topliss-reactive ketones (excluding diaryl/α,β-unsaturated/α-hetero) is 1. The molecule has 2 aliphatic rings. The van der Waals surface area contributed by atoms with Gasteiger partial charge in [0.15, 0.2) is 17.3 Å². The lowest BCUT2D eigenvalue weighted by atomic mass is 9.70. The Morgan fingerprint density at radius 2 is 1.96 bits per heavy atom. The second-order valence-electron chi connectivity index (χ2n) is 6.67. The Bertz CT molecular complexity index is 812. The van der Waals surface area contributed by atoms with Crippen LogP contribution in [-0.4, -0.2) is 37.0 Å². The molecule has 0 saturated heterocycles. The molecular weight excluding hydrogens is 338 g/mol. The van der Waals surface area contributed by atoms with Crippen molar-refractivity contribution in [2.45, 2.75) is 25.7 Å². The van der Waals surface area contributed by atoms with Crippen LogP contribution in [0.2, 0.25) is 0 Å². The maximum Gasteiger partial charge on any atom is 0.316 e. The smallest absolute Gasteiger partial charge is 0.316 e. The van der Waals surface area contributed by atoms with Crippen LogP contribution in [0.15, 0.2) is 29.5 Å². The fraction of sp³-hybridized carbons (Fsp3) is 0.421. The van der Waals surface area contributed by atoms with Gasteiger partial charge < -0.3 is 19.9 Å². The van der Waals surface area contributed by atoms with Gasteiger partial charge in [0, 0.05) is 23.6 Å². The van der Waals surface area contributed by atoms with E-state index in [0.29, 0.717) is 23.3 Å². The van der Waals surface area contributed by atoms with Gasteiger partial charge in [0.2, 0.25) is 5.91 Å². The van der Waals surface area contributed by atoms with Crippen molar-refractivity contribution in [3.05, 3.63) is 35.0 Å². The Hall–Kier alpha value is -2.83. The van der Waals surface area contributed by atoms with Crippen LogP contribution in [0.4, 0.5) is 0 Å². The molecule has 1 heterocycles. The average molecular weight is 359 g/mol. The topological polar surface area (TPSA) is 102 Å². The van der Waals surface area contributed by atoms with E-state index >= 15 is 0 Å². The summed E-state index contributed by atoms with van der Waals surface area (Å²) >= 11 is 0. The van der Waals surface area contributed by atoms with Gasteiger partial charge in [0.25, 0.3) is 0 Å². The highest BCUT2D eigenvalue weighted by Gasteiger charge is 2.45. The zero-order valence-electron chi connectivity index (χ0n) is 14.9. The highest BCUT2D eigenvalue weighted by Crippen LogP contribution is 2.43. The zero-order valence-corrected chi connectivity index (χ0v) is 14.9. The monoisotopic (exact) mass is 359 g/mol. The number of hydrogen-bond donors (Lipinski definition) is 2. The summed E-state index contributed by atoms with van der Waals surface area (Å²) in [7, 11) is 2.69. The Morgan fingerprint density at radius 3 is 2.62 bits per heavy atom. The van der Waals surface area contributed by atoms with Gasteiger partial charge in [0.1, 0.15) is 5.92 Å². The molecule has 0 radical (unpaired) electrons. The molecule has 0 saturated carbocycles. The lowest BCUT2D eigenvalue weighted by Crippen LogP contribution is -2.44. The molecule has 0 fully saturated rings. The minimum atomic E-state index is -0.879. The van der Waals surface area contributed by atoms with Crippen LogP contribution >= 0.6 is 0 Å². The maximum atomic E-state index is 13.1. The van der Waals surface area contributed by atoms with E-state index < -0.39 is 17.8 Å². The average Bonchev–Trinajstić information content (AvgIpc) is 2.60. The van der Waals surface area contributed by atoms with Crippen LogP contribution in [0.3, 0.4) is 0 Å². The van der Waals surface area contributed by atoms with Crippen molar-refractivity contribution in [2.24, 2.45) is 11.8 Å². The van der Waals surface area contributed by atoms with Crippen molar-refractivity contribution in [2.75, 3.05) is 14.2 Å². The number of esters is 1. The van der Waals surface area contributed by atoms with E-state index in [0.717, 1.165) is 0 Å². The van der Waals surface area contributed by atoms with Gasteiger partial charge >= 0.3 is 5.97 Å². The number of carbonyl (C=O) groups excluding carboxylic acids is 3. The van der Waals surface area contributed by atoms with Gasteiger partial charge in [-0.3, -0.25) is 14.4 Å². The number of phenolic OH excluding ortho intramolecular Hbond substituents is 1. The Kier molecular flexibility index (Phi) is 4.71. The normalized spacial score (nSPS) is 25.4. The van der Waals surface area contributed by atoms with Crippen LogP contribution in [0, 0.1) is 11.8 Å². The van der Waals surface area contributed by atoms with Gasteiger partial charge in [-0.2, -0.15) is 0 Å². The summed E-state index contributed by atoms with van der Waals surface area (Å²) in [4.78, 5) is 37.4.